The van der Waals surface area contributed by atoms with Gasteiger partial charge in [0.25, 0.3) is 11.1 Å². The number of ether oxygens (including phenoxy) is 3. The molecule has 1 saturated heterocycles. The Bertz CT molecular complexity index is 1450. The van der Waals surface area contributed by atoms with E-state index < -0.39 is 11.9 Å². The predicted molar refractivity (Wildman–Crippen MR) is 153 cm³/mol. The first-order valence-electron chi connectivity index (χ1n) is 12.3. The Morgan fingerprint density at radius 3 is 2.51 bits per heavy atom. The molecule has 0 unspecified atom stereocenters. The minimum absolute atomic E-state index is 0.122. The van der Waals surface area contributed by atoms with E-state index in [1.807, 2.05) is 25.1 Å². The third-order valence-corrected chi connectivity index (χ3v) is 7.26. The maximum Gasteiger partial charge on any atom is 0.345 e. The molecule has 2 amide bonds. The number of carbonyl (C=O) groups is 3. The largest absolute Gasteiger partial charge is 0.493 e. The number of rotatable bonds is 9. The molecule has 0 aliphatic carbocycles. The fraction of sp³-hybridized carbons (Fsp3) is 0.233. The Morgan fingerprint density at radius 1 is 1.03 bits per heavy atom. The van der Waals surface area contributed by atoms with Crippen molar-refractivity contribution in [2.45, 2.75) is 26.7 Å². The van der Waals surface area contributed by atoms with Crippen LogP contribution in [0.5, 0.6) is 17.2 Å². The zero-order chi connectivity index (χ0) is 28.1. The van der Waals surface area contributed by atoms with Gasteiger partial charge in [0.1, 0.15) is 12.4 Å². The van der Waals surface area contributed by atoms with Gasteiger partial charge in [-0.3, -0.25) is 14.5 Å². The van der Waals surface area contributed by atoms with Gasteiger partial charge in [0.2, 0.25) is 0 Å². The molecule has 7 nitrogen and oxygen atoms in total. The third kappa shape index (κ3) is 6.64. The number of halogens is 1. The highest BCUT2D eigenvalue weighted by atomic mass is 35.5. The minimum Gasteiger partial charge on any atom is -0.493 e. The van der Waals surface area contributed by atoms with Gasteiger partial charge in [0.15, 0.2) is 11.5 Å². The maximum absolute atomic E-state index is 13.0. The number of imide groups is 1. The first-order chi connectivity index (χ1) is 18.7. The van der Waals surface area contributed by atoms with E-state index in [1.54, 1.807) is 48.5 Å². The molecule has 0 saturated carbocycles. The van der Waals surface area contributed by atoms with E-state index in [0.717, 1.165) is 28.6 Å². The van der Waals surface area contributed by atoms with Gasteiger partial charge < -0.3 is 14.2 Å². The molecular formula is C30H28ClNO6S. The Morgan fingerprint density at radius 2 is 1.79 bits per heavy atom. The summed E-state index contributed by atoms with van der Waals surface area (Å²) in [5.74, 6) is 0.458. The van der Waals surface area contributed by atoms with Gasteiger partial charge in [-0.1, -0.05) is 55.8 Å². The average molecular weight is 566 g/mol. The number of aryl methyl sites for hydroxylation is 1. The number of thioether (sulfide) groups is 1. The van der Waals surface area contributed by atoms with Crippen molar-refractivity contribution in [2.75, 3.05) is 20.3 Å². The molecule has 0 atom stereocenters. The van der Waals surface area contributed by atoms with Crippen LogP contribution in [-0.4, -0.2) is 42.3 Å². The smallest absolute Gasteiger partial charge is 0.345 e. The summed E-state index contributed by atoms with van der Waals surface area (Å²) in [4.78, 5) is 39.8. The van der Waals surface area contributed by atoms with Gasteiger partial charge in [-0.2, -0.15) is 0 Å². The van der Waals surface area contributed by atoms with Crippen LogP contribution >= 0.6 is 23.4 Å². The van der Waals surface area contributed by atoms with Crippen molar-refractivity contribution in [3.05, 3.63) is 92.8 Å². The van der Waals surface area contributed by atoms with Crippen molar-refractivity contribution in [3.8, 4) is 17.2 Å². The van der Waals surface area contributed by atoms with Crippen LogP contribution in [0.4, 0.5) is 4.79 Å². The second-order valence-corrected chi connectivity index (χ2v) is 10.6. The van der Waals surface area contributed by atoms with Gasteiger partial charge in [-0.05, 0) is 77.7 Å². The molecule has 4 rings (SSSR count). The first kappa shape index (κ1) is 28.3. The van der Waals surface area contributed by atoms with Crippen molar-refractivity contribution in [2.24, 2.45) is 0 Å². The molecule has 1 heterocycles. The van der Waals surface area contributed by atoms with E-state index >= 15 is 0 Å². The van der Waals surface area contributed by atoms with E-state index in [1.165, 1.54) is 12.0 Å². The van der Waals surface area contributed by atoms with Crippen LogP contribution in [0.25, 0.3) is 6.08 Å². The van der Waals surface area contributed by atoms with Crippen molar-refractivity contribution in [1.29, 1.82) is 0 Å². The number of esters is 1. The molecular weight excluding hydrogens is 538 g/mol. The summed E-state index contributed by atoms with van der Waals surface area (Å²) in [6.07, 6.45) is 1.58. The number of amides is 2. The van der Waals surface area contributed by atoms with E-state index in [2.05, 4.69) is 13.8 Å². The summed E-state index contributed by atoms with van der Waals surface area (Å²) in [6, 6.07) is 17.5. The lowest BCUT2D eigenvalue weighted by molar-refractivity contribution is -0.123. The lowest BCUT2D eigenvalue weighted by Gasteiger charge is -2.17. The summed E-state index contributed by atoms with van der Waals surface area (Å²) in [5.41, 5.74) is 2.90. The van der Waals surface area contributed by atoms with Crippen molar-refractivity contribution in [1.82, 2.24) is 4.90 Å². The summed E-state index contributed by atoms with van der Waals surface area (Å²) < 4.78 is 16.8. The third-order valence-electron chi connectivity index (χ3n) is 6.02. The standard InChI is InChI=1S/C30H28ClNO6S/c1-18(2)21-11-9-19(3)15-25(21)37-14-13-32-28(33)27(39-30(32)35)17-20-10-12-24(36-4)26(16-20)38-29(34)22-7-5-6-8-23(22)31/h5-12,15-18H,13-14H2,1-4H3/b27-17-. The highest BCUT2D eigenvalue weighted by Gasteiger charge is 2.35. The van der Waals surface area contributed by atoms with E-state index in [9.17, 15) is 14.4 Å². The van der Waals surface area contributed by atoms with Crippen molar-refractivity contribution < 1.29 is 28.6 Å². The molecule has 3 aromatic carbocycles. The highest BCUT2D eigenvalue weighted by Crippen LogP contribution is 2.35. The molecule has 9 heteroatoms. The average Bonchev–Trinajstić information content (AvgIpc) is 3.16. The second kappa shape index (κ2) is 12.4. The number of benzene rings is 3. The maximum atomic E-state index is 13.0. The Kier molecular flexibility index (Phi) is 8.99. The fourth-order valence-corrected chi connectivity index (χ4v) is 5.06. The lowest BCUT2D eigenvalue weighted by atomic mass is 10.0. The van der Waals surface area contributed by atoms with Gasteiger partial charge >= 0.3 is 5.97 Å². The molecule has 3 aromatic rings. The summed E-state index contributed by atoms with van der Waals surface area (Å²) in [6.45, 7) is 6.46. The lowest BCUT2D eigenvalue weighted by Crippen LogP contribution is -2.32. The van der Waals surface area contributed by atoms with Crippen LogP contribution in [0.3, 0.4) is 0 Å². The van der Waals surface area contributed by atoms with E-state index in [0.29, 0.717) is 11.3 Å². The molecule has 0 radical (unpaired) electrons. The van der Waals surface area contributed by atoms with Crippen LogP contribution in [0.2, 0.25) is 5.02 Å². The van der Waals surface area contributed by atoms with Crippen LogP contribution < -0.4 is 14.2 Å². The number of hydrogen-bond acceptors (Lipinski definition) is 7. The SMILES string of the molecule is COc1ccc(/C=C2\SC(=O)N(CCOc3cc(C)ccc3C(C)C)C2=O)cc1OC(=O)c1ccccc1Cl. The zero-order valence-corrected chi connectivity index (χ0v) is 23.6. The second-order valence-electron chi connectivity index (χ2n) is 9.16. The molecule has 0 N–H and O–H groups in total. The minimum atomic E-state index is -0.648. The number of methoxy groups -OCH3 is 1. The quantitative estimate of drug-likeness (QED) is 0.155. The Balaban J connectivity index is 1.47. The Labute approximate surface area is 236 Å². The first-order valence-corrected chi connectivity index (χ1v) is 13.5. The van der Waals surface area contributed by atoms with Gasteiger partial charge in [-0.25, -0.2) is 4.79 Å². The Hall–Kier alpha value is -3.75. The zero-order valence-electron chi connectivity index (χ0n) is 22.0. The number of hydrogen-bond donors (Lipinski definition) is 0. The number of nitrogens with zero attached hydrogens (tertiary/aromatic N) is 1. The molecule has 1 aliphatic heterocycles. The number of carbonyl (C=O) groups excluding carboxylic acids is 3. The highest BCUT2D eigenvalue weighted by molar-refractivity contribution is 8.18. The van der Waals surface area contributed by atoms with Crippen molar-refractivity contribution >= 4 is 46.6 Å². The normalized spacial score (nSPS) is 14.3. The molecule has 0 spiro atoms. The molecule has 202 valence electrons. The van der Waals surface area contributed by atoms with Crippen molar-refractivity contribution in [3.63, 3.8) is 0 Å². The van der Waals surface area contributed by atoms with Gasteiger partial charge in [0, 0.05) is 0 Å². The van der Waals surface area contributed by atoms with E-state index in [4.69, 9.17) is 25.8 Å². The topological polar surface area (TPSA) is 82.1 Å². The van der Waals surface area contributed by atoms with Crippen LogP contribution in [0, 0.1) is 6.92 Å². The summed E-state index contributed by atoms with van der Waals surface area (Å²) in [7, 11) is 1.45. The fourth-order valence-electron chi connectivity index (χ4n) is 3.98. The summed E-state index contributed by atoms with van der Waals surface area (Å²) in [5, 5.41) is -0.111. The predicted octanol–water partition coefficient (Wildman–Crippen LogP) is 7.11. The van der Waals surface area contributed by atoms with Crippen LogP contribution in [0.15, 0.2) is 65.6 Å². The molecule has 1 aliphatic rings. The molecule has 0 aromatic heterocycles. The van der Waals surface area contributed by atoms with Crippen LogP contribution in [0.1, 0.15) is 46.8 Å². The van der Waals surface area contributed by atoms with Gasteiger partial charge in [0.05, 0.1) is 29.1 Å². The molecule has 39 heavy (non-hydrogen) atoms. The summed E-state index contributed by atoms with van der Waals surface area (Å²) >= 11 is 6.97. The van der Waals surface area contributed by atoms with Gasteiger partial charge in [-0.15, -0.1) is 0 Å². The van der Waals surface area contributed by atoms with E-state index in [-0.39, 0.29) is 45.5 Å². The van der Waals surface area contributed by atoms with Crippen LogP contribution in [-0.2, 0) is 4.79 Å². The molecule has 0 bridgehead atoms. The monoisotopic (exact) mass is 565 g/mol. The molecule has 1 fully saturated rings.